The molecule has 10 nitrogen and oxygen atoms in total. The van der Waals surface area contributed by atoms with E-state index in [4.69, 9.17) is 11.6 Å². The molecule has 2 atom stereocenters. The van der Waals surface area contributed by atoms with Crippen LogP contribution in [0.25, 0.3) is 5.69 Å². The summed E-state index contributed by atoms with van der Waals surface area (Å²) < 4.78 is 15.4. The summed E-state index contributed by atoms with van der Waals surface area (Å²) in [5.41, 5.74) is 1.07. The van der Waals surface area contributed by atoms with E-state index in [9.17, 15) is 19.1 Å². The fourth-order valence-corrected chi connectivity index (χ4v) is 3.48. The van der Waals surface area contributed by atoms with Crippen molar-refractivity contribution in [3.63, 3.8) is 0 Å². The number of hydrogen-bond donors (Lipinski definition) is 2. The van der Waals surface area contributed by atoms with Crippen LogP contribution < -0.4 is 5.32 Å². The number of aliphatic hydroxyl groups is 1. The molecule has 1 aromatic heterocycles. The van der Waals surface area contributed by atoms with Crippen molar-refractivity contribution >= 4 is 29.6 Å². The van der Waals surface area contributed by atoms with Gasteiger partial charge in [0.1, 0.15) is 18.2 Å². The average molecular weight is 458 g/mol. The van der Waals surface area contributed by atoms with Crippen LogP contribution in [0.4, 0.5) is 4.39 Å². The molecule has 2 amide bonds. The monoisotopic (exact) mass is 457 g/mol. The molecule has 0 saturated carbocycles. The lowest BCUT2D eigenvalue weighted by atomic mass is 10.1. The number of hydrazone groups is 1. The molecule has 1 aliphatic rings. The maximum Gasteiger partial charge on any atom is 0.276 e. The molecule has 0 radical (unpaired) electrons. The molecule has 2 N–H and O–H groups in total. The molecule has 0 bridgehead atoms. The van der Waals surface area contributed by atoms with Crippen molar-refractivity contribution in [1.29, 1.82) is 0 Å². The second kappa shape index (κ2) is 9.20. The summed E-state index contributed by atoms with van der Waals surface area (Å²) in [6.45, 7) is 0.0724. The molecule has 3 aromatic rings. The first-order valence-electron chi connectivity index (χ1n) is 9.53. The van der Waals surface area contributed by atoms with E-state index in [1.54, 1.807) is 18.2 Å². The minimum Gasteiger partial charge on any atom is -0.378 e. The topological polar surface area (TPSA) is 126 Å². The van der Waals surface area contributed by atoms with Crippen molar-refractivity contribution in [1.82, 2.24) is 30.5 Å². The first-order chi connectivity index (χ1) is 15.5. The molecule has 12 heteroatoms. The van der Waals surface area contributed by atoms with E-state index in [0.29, 0.717) is 16.3 Å². The molecule has 0 spiro atoms. The summed E-state index contributed by atoms with van der Waals surface area (Å²) >= 11 is 6.09. The maximum absolute atomic E-state index is 14.0. The van der Waals surface area contributed by atoms with Crippen LogP contribution in [0.15, 0.2) is 53.9 Å². The molecule has 32 heavy (non-hydrogen) atoms. The summed E-state index contributed by atoms with van der Waals surface area (Å²) in [5, 5.41) is 29.3. The Bertz CT molecular complexity index is 1170. The Labute approximate surface area is 186 Å². The molecule has 0 aliphatic carbocycles. The van der Waals surface area contributed by atoms with Gasteiger partial charge in [-0.1, -0.05) is 29.8 Å². The van der Waals surface area contributed by atoms with Crippen LogP contribution in [0, 0.1) is 5.82 Å². The molecular weight excluding hydrogens is 441 g/mol. The summed E-state index contributed by atoms with van der Waals surface area (Å²) in [7, 11) is 0. The number of amides is 2. The van der Waals surface area contributed by atoms with Gasteiger partial charge in [0.05, 0.1) is 5.69 Å². The third-order valence-corrected chi connectivity index (χ3v) is 5.12. The van der Waals surface area contributed by atoms with Gasteiger partial charge in [-0.25, -0.2) is 14.1 Å². The Morgan fingerprint density at radius 3 is 2.84 bits per heavy atom. The average Bonchev–Trinajstić information content (AvgIpc) is 3.49. The van der Waals surface area contributed by atoms with Gasteiger partial charge in [0.15, 0.2) is 6.10 Å². The summed E-state index contributed by atoms with van der Waals surface area (Å²) in [6.07, 6.45) is 1.16. The van der Waals surface area contributed by atoms with Crippen molar-refractivity contribution in [2.24, 2.45) is 5.10 Å². The van der Waals surface area contributed by atoms with E-state index in [0.717, 1.165) is 11.1 Å². The summed E-state index contributed by atoms with van der Waals surface area (Å²) in [5.74, 6) is -2.13. The zero-order valence-corrected chi connectivity index (χ0v) is 17.2. The molecule has 2 heterocycles. The van der Waals surface area contributed by atoms with Crippen LogP contribution in [0.1, 0.15) is 23.7 Å². The third-order valence-electron chi connectivity index (χ3n) is 4.88. The van der Waals surface area contributed by atoms with Gasteiger partial charge in [0.25, 0.3) is 5.91 Å². The van der Waals surface area contributed by atoms with Gasteiger partial charge in [-0.2, -0.15) is 5.10 Å². The molecule has 0 fully saturated rings. The minimum absolute atomic E-state index is 0.0724. The third kappa shape index (κ3) is 4.34. The minimum atomic E-state index is -1.79. The van der Waals surface area contributed by atoms with Gasteiger partial charge in [0.2, 0.25) is 5.91 Å². The number of halogens is 2. The van der Waals surface area contributed by atoms with Crippen molar-refractivity contribution in [3.8, 4) is 5.69 Å². The van der Waals surface area contributed by atoms with Crippen molar-refractivity contribution < 1.29 is 19.1 Å². The lowest BCUT2D eigenvalue weighted by Crippen LogP contribution is -2.46. The number of tetrazole rings is 1. The fourth-order valence-electron chi connectivity index (χ4n) is 3.29. The zero-order chi connectivity index (χ0) is 22.7. The van der Waals surface area contributed by atoms with Gasteiger partial charge in [-0.15, -0.1) is 5.10 Å². The predicted octanol–water partition coefficient (Wildman–Crippen LogP) is 1.39. The molecule has 0 saturated heterocycles. The molecule has 1 aliphatic heterocycles. The second-order valence-corrected chi connectivity index (χ2v) is 7.34. The highest BCUT2D eigenvalue weighted by molar-refractivity contribution is 6.30. The summed E-state index contributed by atoms with van der Waals surface area (Å²) in [6, 6.07) is 9.43. The van der Waals surface area contributed by atoms with Crippen LogP contribution in [0.2, 0.25) is 5.02 Å². The number of nitrogens with one attached hydrogen (secondary N) is 1. The maximum atomic E-state index is 14.0. The summed E-state index contributed by atoms with van der Waals surface area (Å²) in [4.78, 5) is 25.5. The van der Waals surface area contributed by atoms with E-state index in [-0.39, 0.29) is 18.5 Å². The highest BCUT2D eigenvalue weighted by atomic mass is 35.5. The van der Waals surface area contributed by atoms with E-state index in [1.807, 2.05) is 0 Å². The number of aromatic nitrogens is 4. The standard InChI is InChI=1S/C20H17ClFN7O3/c21-13-5-6-16(28-11-24-26-27-28)12(9-13)10-23-19(31)17-7-8-25-29(17)20(32)18(30)14-3-1-2-4-15(14)22/h1-6,8-9,11,17-18,30H,7,10H2,(H,23,31). The Morgan fingerprint density at radius 1 is 1.28 bits per heavy atom. The first kappa shape index (κ1) is 21.5. The van der Waals surface area contributed by atoms with Crippen LogP contribution >= 0.6 is 11.6 Å². The van der Waals surface area contributed by atoms with Crippen molar-refractivity contribution in [3.05, 3.63) is 70.8 Å². The lowest BCUT2D eigenvalue weighted by Gasteiger charge is -2.24. The smallest absolute Gasteiger partial charge is 0.276 e. The van der Waals surface area contributed by atoms with Gasteiger partial charge in [-0.05, 0) is 40.3 Å². The van der Waals surface area contributed by atoms with E-state index in [1.165, 1.54) is 35.4 Å². The molecule has 2 unspecified atom stereocenters. The number of benzene rings is 2. The number of carbonyl (C=O) groups is 2. The molecule has 4 rings (SSSR count). The first-order valence-corrected chi connectivity index (χ1v) is 9.91. The van der Waals surface area contributed by atoms with Gasteiger partial charge < -0.3 is 10.4 Å². The largest absolute Gasteiger partial charge is 0.378 e. The highest BCUT2D eigenvalue weighted by Crippen LogP contribution is 2.23. The molecular formula is C20H17ClFN7O3. The van der Waals surface area contributed by atoms with E-state index < -0.39 is 29.8 Å². The van der Waals surface area contributed by atoms with Crippen LogP contribution in [0.5, 0.6) is 0 Å². The quantitative estimate of drug-likeness (QED) is 0.576. The van der Waals surface area contributed by atoms with Crippen molar-refractivity contribution in [2.45, 2.75) is 25.1 Å². The fraction of sp³-hybridized carbons (Fsp3) is 0.200. The van der Waals surface area contributed by atoms with Gasteiger partial charge in [-0.3, -0.25) is 9.59 Å². The van der Waals surface area contributed by atoms with Crippen LogP contribution in [-0.2, 0) is 16.1 Å². The van der Waals surface area contributed by atoms with Gasteiger partial charge in [0, 0.05) is 29.8 Å². The zero-order valence-electron chi connectivity index (χ0n) is 16.5. The number of hydrogen-bond acceptors (Lipinski definition) is 7. The van der Waals surface area contributed by atoms with Crippen LogP contribution in [-0.4, -0.2) is 54.4 Å². The Kier molecular flexibility index (Phi) is 6.19. The van der Waals surface area contributed by atoms with E-state index >= 15 is 0 Å². The number of nitrogens with zero attached hydrogens (tertiary/aromatic N) is 6. The SMILES string of the molecule is O=C(NCc1cc(Cl)ccc1-n1cnnn1)C1CC=NN1C(=O)C(O)c1ccccc1F. The van der Waals surface area contributed by atoms with E-state index in [2.05, 4.69) is 25.9 Å². The number of carbonyl (C=O) groups excluding carboxylic acids is 2. The highest BCUT2D eigenvalue weighted by Gasteiger charge is 2.36. The Morgan fingerprint density at radius 2 is 2.09 bits per heavy atom. The second-order valence-electron chi connectivity index (χ2n) is 6.90. The molecule has 164 valence electrons. The number of rotatable bonds is 6. The Hall–Kier alpha value is -3.70. The number of aliphatic hydroxyl groups excluding tert-OH is 1. The lowest BCUT2D eigenvalue weighted by molar-refractivity contribution is -0.146. The Balaban J connectivity index is 1.47. The van der Waals surface area contributed by atoms with Gasteiger partial charge >= 0.3 is 0 Å². The van der Waals surface area contributed by atoms with Crippen molar-refractivity contribution in [2.75, 3.05) is 0 Å². The molecule has 2 aromatic carbocycles. The normalized spacial score (nSPS) is 16.2. The predicted molar refractivity (Wildman–Crippen MR) is 111 cm³/mol. The van der Waals surface area contributed by atoms with Crippen LogP contribution in [0.3, 0.4) is 0 Å².